The van der Waals surface area contributed by atoms with Crippen LogP contribution >= 0.6 is 15.9 Å². The maximum atomic E-state index is 10.9. The van der Waals surface area contributed by atoms with Crippen molar-refractivity contribution in [3.63, 3.8) is 0 Å². The Morgan fingerprint density at radius 3 is 2.67 bits per heavy atom. The lowest BCUT2D eigenvalue weighted by Gasteiger charge is -2.35. The zero-order valence-electron chi connectivity index (χ0n) is 12.0. The summed E-state index contributed by atoms with van der Waals surface area (Å²) in [7, 11) is 0. The fourth-order valence-corrected chi connectivity index (χ4v) is 3.55. The first-order valence-corrected chi connectivity index (χ1v) is 8.11. The van der Waals surface area contributed by atoms with Gasteiger partial charge >= 0.3 is 0 Å². The number of rotatable bonds is 6. The van der Waals surface area contributed by atoms with Crippen molar-refractivity contribution in [1.82, 2.24) is 5.32 Å². The quantitative estimate of drug-likeness (QED) is 0.605. The number of hydrogen-bond acceptors (Lipinski definition) is 4. The summed E-state index contributed by atoms with van der Waals surface area (Å²) in [6.45, 7) is 1.51. The number of benzene rings is 1. The monoisotopic (exact) mass is 356 g/mol. The van der Waals surface area contributed by atoms with Crippen molar-refractivity contribution in [2.45, 2.75) is 38.6 Å². The molecule has 0 heterocycles. The van der Waals surface area contributed by atoms with Crippen LogP contribution in [0.4, 0.5) is 5.69 Å². The topological polar surface area (TPSA) is 75.4 Å². The average Bonchev–Trinajstić information content (AvgIpc) is 2.49. The van der Waals surface area contributed by atoms with Gasteiger partial charge in [0.1, 0.15) is 0 Å². The van der Waals surface area contributed by atoms with Crippen LogP contribution < -0.4 is 5.32 Å². The molecule has 0 amide bonds. The van der Waals surface area contributed by atoms with E-state index in [4.69, 9.17) is 0 Å². The van der Waals surface area contributed by atoms with Crippen LogP contribution in [-0.2, 0) is 6.54 Å². The normalized spacial score (nSPS) is 17.6. The summed E-state index contributed by atoms with van der Waals surface area (Å²) in [6, 6.07) is 5.06. The Kier molecular flexibility index (Phi) is 5.72. The van der Waals surface area contributed by atoms with E-state index in [0.29, 0.717) is 11.0 Å². The molecular weight excluding hydrogens is 336 g/mol. The molecule has 1 aliphatic carbocycles. The predicted octanol–water partition coefficient (Wildman–Crippen LogP) is 3.39. The van der Waals surface area contributed by atoms with Crippen molar-refractivity contribution in [2.75, 3.05) is 13.2 Å². The Bertz CT molecular complexity index is 502. The van der Waals surface area contributed by atoms with Gasteiger partial charge in [0.25, 0.3) is 5.69 Å². The molecule has 116 valence electrons. The van der Waals surface area contributed by atoms with Crippen LogP contribution in [0.2, 0.25) is 0 Å². The predicted molar refractivity (Wildman–Crippen MR) is 85.1 cm³/mol. The molecule has 21 heavy (non-hydrogen) atoms. The molecule has 1 aliphatic rings. The third-order valence-electron chi connectivity index (χ3n) is 4.32. The van der Waals surface area contributed by atoms with E-state index in [2.05, 4.69) is 21.2 Å². The molecule has 0 aliphatic heterocycles. The van der Waals surface area contributed by atoms with Crippen molar-refractivity contribution < 1.29 is 10.0 Å². The molecule has 0 atom stereocenters. The van der Waals surface area contributed by atoms with Gasteiger partial charge in [-0.15, -0.1) is 0 Å². The molecule has 6 heteroatoms. The summed E-state index contributed by atoms with van der Waals surface area (Å²) in [5.41, 5.74) is 0.933. The number of aliphatic hydroxyl groups is 1. The van der Waals surface area contributed by atoms with Gasteiger partial charge in [-0.05, 0) is 34.3 Å². The lowest BCUT2D eigenvalue weighted by molar-refractivity contribution is -0.385. The van der Waals surface area contributed by atoms with Gasteiger partial charge in [0.05, 0.1) is 9.40 Å². The maximum Gasteiger partial charge on any atom is 0.283 e. The summed E-state index contributed by atoms with van der Waals surface area (Å²) in [4.78, 5) is 10.5. The molecule has 0 unspecified atom stereocenters. The van der Waals surface area contributed by atoms with Crippen LogP contribution in [0.1, 0.15) is 37.7 Å². The first kappa shape index (κ1) is 16.4. The molecule has 0 spiro atoms. The molecule has 0 aromatic heterocycles. The lowest BCUT2D eigenvalue weighted by atomic mass is 9.74. The molecular formula is C15H21BrN2O3. The van der Waals surface area contributed by atoms with E-state index in [0.717, 1.165) is 24.9 Å². The summed E-state index contributed by atoms with van der Waals surface area (Å²) >= 11 is 3.31. The van der Waals surface area contributed by atoms with Gasteiger partial charge in [-0.1, -0.05) is 31.4 Å². The van der Waals surface area contributed by atoms with Crippen molar-refractivity contribution in [1.29, 1.82) is 0 Å². The van der Waals surface area contributed by atoms with Gasteiger partial charge in [0, 0.05) is 31.2 Å². The number of hydrogen-bond donors (Lipinski definition) is 2. The molecule has 1 fully saturated rings. The second kappa shape index (κ2) is 7.33. The Hall–Kier alpha value is -0.980. The van der Waals surface area contributed by atoms with Gasteiger partial charge < -0.3 is 10.4 Å². The summed E-state index contributed by atoms with van der Waals surface area (Å²) < 4.78 is 0.532. The van der Waals surface area contributed by atoms with Gasteiger partial charge in [0.2, 0.25) is 0 Å². The Morgan fingerprint density at radius 1 is 1.33 bits per heavy atom. The Labute approximate surface area is 133 Å². The highest BCUT2D eigenvalue weighted by atomic mass is 79.9. The van der Waals surface area contributed by atoms with E-state index in [-0.39, 0.29) is 22.6 Å². The van der Waals surface area contributed by atoms with E-state index >= 15 is 0 Å². The summed E-state index contributed by atoms with van der Waals surface area (Å²) in [5, 5.41) is 23.9. The summed E-state index contributed by atoms with van der Waals surface area (Å²) in [5.74, 6) is 0. The van der Waals surface area contributed by atoms with E-state index in [9.17, 15) is 15.2 Å². The second-order valence-electron chi connectivity index (χ2n) is 5.83. The van der Waals surface area contributed by atoms with E-state index in [1.54, 1.807) is 6.07 Å². The largest absolute Gasteiger partial charge is 0.396 e. The second-order valence-corrected chi connectivity index (χ2v) is 6.62. The Balaban J connectivity index is 1.97. The van der Waals surface area contributed by atoms with Crippen molar-refractivity contribution in [3.05, 3.63) is 38.3 Å². The molecule has 0 radical (unpaired) electrons. The lowest BCUT2D eigenvalue weighted by Crippen LogP contribution is -2.38. The van der Waals surface area contributed by atoms with Gasteiger partial charge in [0.15, 0.2) is 0 Å². The highest BCUT2D eigenvalue weighted by molar-refractivity contribution is 9.10. The van der Waals surface area contributed by atoms with Crippen molar-refractivity contribution >= 4 is 21.6 Å². The zero-order chi connectivity index (χ0) is 15.3. The Morgan fingerprint density at radius 2 is 2.05 bits per heavy atom. The van der Waals surface area contributed by atoms with Crippen LogP contribution in [0.15, 0.2) is 22.7 Å². The number of nitro groups is 1. The molecule has 1 aromatic carbocycles. The first-order valence-electron chi connectivity index (χ1n) is 7.31. The molecule has 0 bridgehead atoms. The number of nitro benzene ring substituents is 1. The fraction of sp³-hybridized carbons (Fsp3) is 0.600. The minimum absolute atomic E-state index is 0.0224. The highest BCUT2D eigenvalue weighted by Gasteiger charge is 2.30. The third kappa shape index (κ3) is 4.02. The first-order chi connectivity index (χ1) is 10.1. The third-order valence-corrected chi connectivity index (χ3v) is 5.24. The standard InChI is InChI=1S/C15H21BrN2O3/c16-14-12(5-4-6-13(14)18(20)21)9-17-10-15(11-19)7-2-1-3-8-15/h4-6,17,19H,1-3,7-11H2. The SMILES string of the molecule is O=[N+]([O-])c1cccc(CNCC2(CO)CCCCC2)c1Br. The van der Waals surface area contributed by atoms with Crippen LogP contribution in [0, 0.1) is 15.5 Å². The molecule has 1 aromatic rings. The molecule has 2 rings (SSSR count). The fourth-order valence-electron chi connectivity index (χ4n) is 3.00. The molecule has 0 saturated heterocycles. The highest BCUT2D eigenvalue weighted by Crippen LogP contribution is 2.35. The number of nitrogens with one attached hydrogen (secondary N) is 1. The minimum Gasteiger partial charge on any atom is -0.396 e. The maximum absolute atomic E-state index is 10.9. The van der Waals surface area contributed by atoms with Crippen molar-refractivity contribution in [2.24, 2.45) is 5.41 Å². The van der Waals surface area contributed by atoms with E-state index in [1.165, 1.54) is 25.3 Å². The minimum atomic E-state index is -0.385. The average molecular weight is 357 g/mol. The summed E-state index contributed by atoms with van der Waals surface area (Å²) in [6.07, 6.45) is 5.68. The van der Waals surface area contributed by atoms with Gasteiger partial charge in [-0.25, -0.2) is 0 Å². The smallest absolute Gasteiger partial charge is 0.283 e. The number of nitrogens with zero attached hydrogens (tertiary/aromatic N) is 1. The molecule has 2 N–H and O–H groups in total. The molecule has 5 nitrogen and oxygen atoms in total. The van der Waals surface area contributed by atoms with Crippen LogP contribution in [0.3, 0.4) is 0 Å². The van der Waals surface area contributed by atoms with E-state index < -0.39 is 0 Å². The van der Waals surface area contributed by atoms with Crippen molar-refractivity contribution in [3.8, 4) is 0 Å². The zero-order valence-corrected chi connectivity index (χ0v) is 13.6. The number of halogens is 1. The van der Waals surface area contributed by atoms with Gasteiger partial charge in [-0.3, -0.25) is 10.1 Å². The van der Waals surface area contributed by atoms with E-state index in [1.807, 2.05) is 6.07 Å². The van der Waals surface area contributed by atoms with Crippen LogP contribution in [-0.4, -0.2) is 23.2 Å². The molecule has 1 saturated carbocycles. The van der Waals surface area contributed by atoms with Crippen LogP contribution in [0.25, 0.3) is 0 Å². The van der Waals surface area contributed by atoms with Crippen LogP contribution in [0.5, 0.6) is 0 Å². The number of aliphatic hydroxyl groups excluding tert-OH is 1. The van der Waals surface area contributed by atoms with Gasteiger partial charge in [-0.2, -0.15) is 0 Å².